The van der Waals surface area contributed by atoms with Crippen LogP contribution in [0.25, 0.3) is 0 Å². The Hall–Kier alpha value is -2.34. The first-order valence-electron chi connectivity index (χ1n) is 14.2. The van der Waals surface area contributed by atoms with Gasteiger partial charge in [-0.05, 0) is 118 Å². The summed E-state index contributed by atoms with van der Waals surface area (Å²) in [6.07, 6.45) is 10.3. The third-order valence-electron chi connectivity index (χ3n) is 8.47. The van der Waals surface area contributed by atoms with E-state index in [2.05, 4.69) is 6.58 Å². The first-order valence-corrected chi connectivity index (χ1v) is 14.2. The molecule has 0 saturated heterocycles. The maximum atomic E-state index is 15.0. The molecule has 2 fully saturated rings. The molecule has 38 heavy (non-hydrogen) atoms. The molecule has 2 saturated carbocycles. The van der Waals surface area contributed by atoms with Gasteiger partial charge in [-0.15, -0.1) is 6.58 Å². The van der Waals surface area contributed by atoms with Gasteiger partial charge in [-0.3, -0.25) is 0 Å². The summed E-state index contributed by atoms with van der Waals surface area (Å²) >= 11 is 0. The molecule has 0 aliphatic heterocycles. The van der Waals surface area contributed by atoms with Crippen LogP contribution in [-0.2, 0) is 11.2 Å². The highest BCUT2D eigenvalue weighted by atomic mass is 19.2. The van der Waals surface area contributed by atoms with Gasteiger partial charge in [0.15, 0.2) is 23.2 Å². The number of hydrogen-bond acceptors (Lipinski definition) is 2. The molecule has 208 valence electrons. The Labute approximate surface area is 224 Å². The Morgan fingerprint density at radius 2 is 1.39 bits per heavy atom. The van der Waals surface area contributed by atoms with E-state index >= 15 is 0 Å². The van der Waals surface area contributed by atoms with Crippen molar-refractivity contribution in [1.29, 1.82) is 0 Å². The zero-order chi connectivity index (χ0) is 27.1. The van der Waals surface area contributed by atoms with Crippen LogP contribution in [0.5, 0.6) is 5.75 Å². The van der Waals surface area contributed by atoms with E-state index in [1.54, 1.807) is 24.3 Å². The van der Waals surface area contributed by atoms with E-state index in [0.717, 1.165) is 57.8 Å². The Morgan fingerprint density at radius 1 is 0.789 bits per heavy atom. The minimum Gasteiger partial charge on any atom is -0.490 e. The van der Waals surface area contributed by atoms with Crippen molar-refractivity contribution in [1.82, 2.24) is 0 Å². The van der Waals surface area contributed by atoms with Crippen molar-refractivity contribution < 1.29 is 27.0 Å². The van der Waals surface area contributed by atoms with E-state index < -0.39 is 23.3 Å². The minimum atomic E-state index is -0.933. The quantitative estimate of drug-likeness (QED) is 0.163. The molecule has 2 aliphatic carbocycles. The topological polar surface area (TPSA) is 18.5 Å². The minimum absolute atomic E-state index is 0.0449. The van der Waals surface area contributed by atoms with Gasteiger partial charge in [0.25, 0.3) is 0 Å². The van der Waals surface area contributed by atoms with E-state index in [9.17, 15) is 17.6 Å². The molecule has 4 rings (SSSR count). The fraction of sp³-hybridized carbons (Fsp3) is 0.562. The summed E-state index contributed by atoms with van der Waals surface area (Å²) in [6, 6.07) is 6.67. The van der Waals surface area contributed by atoms with Crippen molar-refractivity contribution in [3.63, 3.8) is 0 Å². The second kappa shape index (κ2) is 13.6. The van der Waals surface area contributed by atoms with Crippen LogP contribution in [0.2, 0.25) is 0 Å². The molecule has 2 aromatic rings. The zero-order valence-electron chi connectivity index (χ0n) is 22.4. The van der Waals surface area contributed by atoms with Crippen LogP contribution in [0, 0.1) is 29.2 Å². The first-order chi connectivity index (χ1) is 18.4. The van der Waals surface area contributed by atoms with Gasteiger partial charge in [-0.1, -0.05) is 24.3 Å². The van der Waals surface area contributed by atoms with Crippen molar-refractivity contribution in [3.8, 4) is 5.75 Å². The summed E-state index contributed by atoms with van der Waals surface area (Å²) in [5, 5.41) is 0. The predicted octanol–water partition coefficient (Wildman–Crippen LogP) is 9.17. The Balaban J connectivity index is 1.29. The molecule has 0 radical (unpaired) electrons. The molecule has 2 nitrogen and oxygen atoms in total. The Kier molecular flexibility index (Phi) is 10.3. The fourth-order valence-corrected chi connectivity index (χ4v) is 6.24. The maximum Gasteiger partial charge on any atom is 0.200 e. The molecular weight excluding hydrogens is 492 g/mol. The number of rotatable bonds is 11. The largest absolute Gasteiger partial charge is 0.490 e. The van der Waals surface area contributed by atoms with Crippen LogP contribution in [0.4, 0.5) is 17.6 Å². The summed E-state index contributed by atoms with van der Waals surface area (Å²) in [7, 11) is 0. The zero-order valence-corrected chi connectivity index (χ0v) is 22.4. The number of benzene rings is 2. The van der Waals surface area contributed by atoms with E-state index in [1.807, 2.05) is 6.92 Å². The molecule has 0 spiro atoms. The van der Waals surface area contributed by atoms with Crippen LogP contribution >= 0.6 is 0 Å². The summed E-state index contributed by atoms with van der Waals surface area (Å²) in [4.78, 5) is 0. The highest BCUT2D eigenvalue weighted by Crippen LogP contribution is 2.41. The summed E-state index contributed by atoms with van der Waals surface area (Å²) in [5.74, 6) is -2.88. The van der Waals surface area contributed by atoms with Gasteiger partial charge in [0.2, 0.25) is 5.82 Å². The number of ether oxygens (including phenoxy) is 2. The molecule has 0 unspecified atom stereocenters. The molecule has 2 aromatic carbocycles. The number of halogens is 4. The molecule has 0 N–H and O–H groups in total. The van der Waals surface area contributed by atoms with Crippen molar-refractivity contribution in [2.45, 2.75) is 95.5 Å². The van der Waals surface area contributed by atoms with E-state index in [0.29, 0.717) is 42.1 Å². The second-order valence-corrected chi connectivity index (χ2v) is 10.8. The molecule has 6 heteroatoms. The lowest BCUT2D eigenvalue weighted by Gasteiger charge is -2.30. The van der Waals surface area contributed by atoms with Gasteiger partial charge in [0, 0.05) is 6.61 Å². The maximum absolute atomic E-state index is 15.0. The highest BCUT2D eigenvalue weighted by molar-refractivity contribution is 5.33. The lowest BCUT2D eigenvalue weighted by Crippen LogP contribution is -2.21. The third-order valence-corrected chi connectivity index (χ3v) is 8.47. The molecule has 0 bridgehead atoms. The molecule has 0 aromatic heterocycles. The normalized spacial score (nSPS) is 23.8. The van der Waals surface area contributed by atoms with Crippen molar-refractivity contribution >= 4 is 0 Å². The van der Waals surface area contributed by atoms with Gasteiger partial charge in [-0.2, -0.15) is 4.39 Å². The van der Waals surface area contributed by atoms with Crippen LogP contribution in [0.15, 0.2) is 36.9 Å². The summed E-state index contributed by atoms with van der Waals surface area (Å²) in [6.45, 7) is 6.51. The van der Waals surface area contributed by atoms with E-state index in [1.165, 1.54) is 6.07 Å². The molecule has 0 atom stereocenters. The van der Waals surface area contributed by atoms with Gasteiger partial charge in [0.05, 0.1) is 12.7 Å². The first kappa shape index (κ1) is 28.7. The lowest BCUT2D eigenvalue weighted by molar-refractivity contribution is 0.0325. The predicted molar refractivity (Wildman–Crippen MR) is 143 cm³/mol. The Bertz CT molecular complexity index is 1070. The van der Waals surface area contributed by atoms with Crippen LogP contribution in [0.1, 0.15) is 99.7 Å². The molecule has 0 amide bonds. The lowest BCUT2D eigenvalue weighted by atomic mass is 9.76. The van der Waals surface area contributed by atoms with Crippen LogP contribution < -0.4 is 4.74 Å². The highest BCUT2D eigenvalue weighted by Gasteiger charge is 2.29. The second-order valence-electron chi connectivity index (χ2n) is 10.8. The smallest absolute Gasteiger partial charge is 0.200 e. The van der Waals surface area contributed by atoms with Crippen LogP contribution in [-0.4, -0.2) is 19.3 Å². The van der Waals surface area contributed by atoms with Gasteiger partial charge >= 0.3 is 0 Å². The molecule has 2 aliphatic rings. The Morgan fingerprint density at radius 3 is 2.03 bits per heavy atom. The van der Waals surface area contributed by atoms with Crippen molar-refractivity contribution in [2.75, 3.05) is 13.2 Å². The van der Waals surface area contributed by atoms with Gasteiger partial charge in [-0.25, -0.2) is 13.2 Å². The van der Waals surface area contributed by atoms with E-state index in [-0.39, 0.29) is 30.3 Å². The summed E-state index contributed by atoms with van der Waals surface area (Å²) < 4.78 is 70.2. The number of hydrogen-bond donors (Lipinski definition) is 0. The van der Waals surface area contributed by atoms with Crippen LogP contribution in [0.3, 0.4) is 0 Å². The molecular formula is C32H40F4O2. The third kappa shape index (κ3) is 6.80. The fourth-order valence-electron chi connectivity index (χ4n) is 6.24. The standard InChI is InChI=1S/C32H40F4O2/c1-3-5-20-38-28-19-18-27(31(35)32(28)36)22-9-6-21(7-10-22)8-11-24-14-17-26(30(34)29(24)33)23-12-15-25(16-13-23)37-4-2/h3,14,17-19,21-23,25H,1,4-13,15-16,20H2,2H3. The summed E-state index contributed by atoms with van der Waals surface area (Å²) in [5.41, 5.74) is 1.32. The average molecular weight is 533 g/mol. The SMILES string of the molecule is C=CCCOc1ccc(C2CCC(CCc3ccc(C4CCC(OCC)CC4)c(F)c3F)CC2)c(F)c1F. The monoisotopic (exact) mass is 532 g/mol. The number of aryl methyl sites for hydroxylation is 1. The molecule has 0 heterocycles. The van der Waals surface area contributed by atoms with Gasteiger partial charge < -0.3 is 9.47 Å². The van der Waals surface area contributed by atoms with Gasteiger partial charge in [0.1, 0.15) is 0 Å². The average Bonchev–Trinajstić information content (AvgIpc) is 2.93. The van der Waals surface area contributed by atoms with E-state index in [4.69, 9.17) is 9.47 Å². The van der Waals surface area contributed by atoms with Crippen molar-refractivity contribution in [2.24, 2.45) is 5.92 Å². The van der Waals surface area contributed by atoms with Crippen molar-refractivity contribution in [3.05, 3.63) is 76.9 Å².